The molecule has 0 radical (unpaired) electrons. The van der Waals surface area contributed by atoms with Crippen LogP contribution in [0.3, 0.4) is 0 Å². The molecule has 0 saturated carbocycles. The predicted octanol–water partition coefficient (Wildman–Crippen LogP) is 3.39. The Morgan fingerprint density at radius 1 is 1.10 bits per heavy atom. The lowest BCUT2D eigenvalue weighted by molar-refractivity contribution is -0.131. The van der Waals surface area contributed by atoms with Crippen molar-refractivity contribution in [2.75, 3.05) is 25.1 Å². The van der Waals surface area contributed by atoms with E-state index in [0.29, 0.717) is 17.0 Å². The Hall–Kier alpha value is -3.36. The number of carbonyl (C=O) groups excluding carboxylic acids is 1. The van der Waals surface area contributed by atoms with Crippen molar-refractivity contribution in [1.29, 1.82) is 0 Å². The fourth-order valence-electron chi connectivity index (χ4n) is 2.64. The third kappa shape index (κ3) is 7.57. The third-order valence-corrected chi connectivity index (χ3v) is 3.91. The lowest BCUT2D eigenvalue weighted by Crippen LogP contribution is -2.27. The number of nitrogens with one attached hydrogen (secondary N) is 1. The summed E-state index contributed by atoms with van der Waals surface area (Å²) in [5.41, 5.74) is 1.14. The SMILES string of the molecule is CCO[C@@H](/C=C/C(=O)O)[C@@H](OC(=O)Nc1ccccc1)c1ccc(OCCO)cc1. The van der Waals surface area contributed by atoms with Gasteiger partial charge < -0.3 is 24.4 Å². The van der Waals surface area contributed by atoms with Crippen LogP contribution in [0.4, 0.5) is 10.5 Å². The molecule has 0 spiro atoms. The molecule has 160 valence electrons. The summed E-state index contributed by atoms with van der Waals surface area (Å²) in [7, 11) is 0. The van der Waals surface area contributed by atoms with Crippen molar-refractivity contribution in [2.24, 2.45) is 0 Å². The van der Waals surface area contributed by atoms with Crippen LogP contribution in [0.15, 0.2) is 66.7 Å². The number of carbonyl (C=O) groups is 2. The molecule has 0 unspecified atom stereocenters. The standard InChI is InChI=1S/C22H25NO7/c1-2-28-19(12-13-20(25)26)21(16-8-10-18(11-9-16)29-15-14-24)30-22(27)23-17-6-4-3-5-7-17/h3-13,19,21,24H,2,14-15H2,1H3,(H,23,27)(H,25,26)/b13-12+/t19-,21-/m0/s1. The minimum atomic E-state index is -1.14. The maximum absolute atomic E-state index is 12.5. The summed E-state index contributed by atoms with van der Waals surface area (Å²) in [6.45, 7) is 2.09. The Labute approximate surface area is 174 Å². The number of carboxylic acid groups (broad SMARTS) is 1. The Morgan fingerprint density at radius 3 is 2.40 bits per heavy atom. The number of ether oxygens (including phenoxy) is 3. The Morgan fingerprint density at radius 2 is 1.80 bits per heavy atom. The van der Waals surface area contributed by atoms with Crippen LogP contribution in [0, 0.1) is 0 Å². The summed E-state index contributed by atoms with van der Waals surface area (Å²) in [6, 6.07) is 15.5. The number of hydrogen-bond donors (Lipinski definition) is 3. The van der Waals surface area contributed by atoms with Gasteiger partial charge >= 0.3 is 12.1 Å². The smallest absolute Gasteiger partial charge is 0.412 e. The molecule has 2 atom stereocenters. The fourth-order valence-corrected chi connectivity index (χ4v) is 2.64. The summed E-state index contributed by atoms with van der Waals surface area (Å²) in [5, 5.41) is 20.5. The van der Waals surface area contributed by atoms with Gasteiger partial charge in [0.25, 0.3) is 0 Å². The number of para-hydroxylation sites is 1. The largest absolute Gasteiger partial charge is 0.491 e. The molecule has 8 nitrogen and oxygen atoms in total. The van der Waals surface area contributed by atoms with Gasteiger partial charge in [-0.3, -0.25) is 5.32 Å². The third-order valence-electron chi connectivity index (χ3n) is 3.91. The summed E-state index contributed by atoms with van der Waals surface area (Å²) < 4.78 is 16.6. The van der Waals surface area contributed by atoms with E-state index in [1.165, 1.54) is 6.08 Å². The van der Waals surface area contributed by atoms with E-state index in [1.807, 2.05) is 6.07 Å². The van der Waals surface area contributed by atoms with E-state index in [0.717, 1.165) is 6.08 Å². The van der Waals surface area contributed by atoms with Gasteiger partial charge in [0, 0.05) is 18.4 Å². The number of aliphatic hydroxyl groups is 1. The summed E-state index contributed by atoms with van der Waals surface area (Å²) in [5.74, 6) is -0.603. The molecule has 2 aromatic rings. The molecule has 3 N–H and O–H groups in total. The lowest BCUT2D eigenvalue weighted by Gasteiger charge is -2.25. The molecule has 0 aliphatic rings. The van der Waals surface area contributed by atoms with Gasteiger partial charge in [-0.2, -0.15) is 0 Å². The zero-order valence-electron chi connectivity index (χ0n) is 16.6. The highest BCUT2D eigenvalue weighted by Crippen LogP contribution is 2.27. The average Bonchev–Trinajstić information content (AvgIpc) is 2.75. The van der Waals surface area contributed by atoms with Crippen molar-refractivity contribution in [3.05, 3.63) is 72.3 Å². The van der Waals surface area contributed by atoms with Crippen LogP contribution in [0.2, 0.25) is 0 Å². The van der Waals surface area contributed by atoms with E-state index in [1.54, 1.807) is 55.5 Å². The second-order valence-corrected chi connectivity index (χ2v) is 6.08. The highest BCUT2D eigenvalue weighted by atomic mass is 16.6. The van der Waals surface area contributed by atoms with Crippen LogP contribution in [-0.2, 0) is 14.3 Å². The van der Waals surface area contributed by atoms with Crippen molar-refractivity contribution in [1.82, 2.24) is 0 Å². The quantitative estimate of drug-likeness (QED) is 0.482. The van der Waals surface area contributed by atoms with Crippen molar-refractivity contribution < 1.29 is 34.0 Å². The molecular formula is C22H25NO7. The summed E-state index contributed by atoms with van der Waals surface area (Å²) in [4.78, 5) is 23.4. The molecule has 30 heavy (non-hydrogen) atoms. The monoisotopic (exact) mass is 415 g/mol. The predicted molar refractivity (Wildman–Crippen MR) is 110 cm³/mol. The van der Waals surface area contributed by atoms with Crippen LogP contribution >= 0.6 is 0 Å². The second kappa shape index (κ2) is 12.3. The second-order valence-electron chi connectivity index (χ2n) is 6.08. The molecule has 0 heterocycles. The zero-order chi connectivity index (χ0) is 21.8. The molecule has 0 aliphatic carbocycles. The van der Waals surface area contributed by atoms with Crippen molar-refractivity contribution in [3.8, 4) is 5.75 Å². The van der Waals surface area contributed by atoms with E-state index >= 15 is 0 Å². The number of carboxylic acids is 1. The van der Waals surface area contributed by atoms with Crippen LogP contribution in [0.25, 0.3) is 0 Å². The first kappa shape index (κ1) is 22.9. The normalized spacial score (nSPS) is 12.9. The average molecular weight is 415 g/mol. The van der Waals surface area contributed by atoms with E-state index in [2.05, 4.69) is 5.32 Å². The molecule has 0 aliphatic heterocycles. The number of amides is 1. The number of rotatable bonds is 11. The molecule has 8 heteroatoms. The molecule has 0 saturated heterocycles. The van der Waals surface area contributed by atoms with Crippen molar-refractivity contribution in [2.45, 2.75) is 19.1 Å². The van der Waals surface area contributed by atoms with Gasteiger partial charge in [0.15, 0.2) is 6.10 Å². The molecule has 2 aromatic carbocycles. The van der Waals surface area contributed by atoms with Gasteiger partial charge in [0.1, 0.15) is 18.5 Å². The number of hydrogen-bond acceptors (Lipinski definition) is 6. The van der Waals surface area contributed by atoms with Gasteiger partial charge in [-0.05, 0) is 42.8 Å². The van der Waals surface area contributed by atoms with Crippen molar-refractivity contribution >= 4 is 17.7 Å². The van der Waals surface area contributed by atoms with E-state index in [-0.39, 0.29) is 19.8 Å². The minimum Gasteiger partial charge on any atom is -0.491 e. The van der Waals surface area contributed by atoms with Gasteiger partial charge in [0.2, 0.25) is 0 Å². The Bertz CT molecular complexity index is 821. The van der Waals surface area contributed by atoms with Gasteiger partial charge in [-0.15, -0.1) is 0 Å². The van der Waals surface area contributed by atoms with E-state index in [4.69, 9.17) is 24.4 Å². The van der Waals surface area contributed by atoms with E-state index in [9.17, 15) is 9.59 Å². The molecule has 1 amide bonds. The zero-order valence-corrected chi connectivity index (χ0v) is 16.6. The summed E-state index contributed by atoms with van der Waals surface area (Å²) in [6.07, 6.45) is -0.152. The van der Waals surface area contributed by atoms with Crippen LogP contribution < -0.4 is 10.1 Å². The lowest BCUT2D eigenvalue weighted by atomic mass is 10.0. The van der Waals surface area contributed by atoms with Crippen LogP contribution in [0.1, 0.15) is 18.6 Å². The Kier molecular flexibility index (Phi) is 9.36. The number of anilines is 1. The number of aliphatic carboxylic acids is 1. The van der Waals surface area contributed by atoms with Crippen LogP contribution in [0.5, 0.6) is 5.75 Å². The maximum Gasteiger partial charge on any atom is 0.412 e. The topological polar surface area (TPSA) is 114 Å². The van der Waals surface area contributed by atoms with Gasteiger partial charge in [0.05, 0.1) is 6.61 Å². The highest BCUT2D eigenvalue weighted by molar-refractivity contribution is 5.84. The molecule has 0 bridgehead atoms. The van der Waals surface area contributed by atoms with Crippen LogP contribution in [-0.4, -0.2) is 48.2 Å². The Balaban J connectivity index is 2.25. The molecule has 0 fully saturated rings. The number of aliphatic hydroxyl groups excluding tert-OH is 1. The summed E-state index contributed by atoms with van der Waals surface area (Å²) >= 11 is 0. The molecule has 2 rings (SSSR count). The maximum atomic E-state index is 12.5. The first-order valence-electron chi connectivity index (χ1n) is 9.42. The molecular weight excluding hydrogens is 390 g/mol. The fraction of sp³-hybridized carbons (Fsp3) is 0.273. The number of benzene rings is 2. The highest BCUT2D eigenvalue weighted by Gasteiger charge is 2.26. The first-order chi connectivity index (χ1) is 14.5. The minimum absolute atomic E-state index is 0.112. The van der Waals surface area contributed by atoms with Crippen molar-refractivity contribution in [3.63, 3.8) is 0 Å². The first-order valence-corrected chi connectivity index (χ1v) is 9.42. The van der Waals surface area contributed by atoms with E-state index < -0.39 is 24.3 Å². The van der Waals surface area contributed by atoms with Gasteiger partial charge in [-0.25, -0.2) is 9.59 Å². The van der Waals surface area contributed by atoms with Gasteiger partial charge in [-0.1, -0.05) is 30.3 Å². The molecule has 0 aromatic heterocycles.